The number of carbonyl (C=O) groups excluding carboxylic acids is 2. The molecule has 1 unspecified atom stereocenters. The van der Waals surface area contributed by atoms with E-state index in [0.717, 1.165) is 30.5 Å². The number of nitrogens with zero attached hydrogens (tertiary/aromatic N) is 1. The van der Waals surface area contributed by atoms with Gasteiger partial charge in [-0.2, -0.15) is 0 Å². The molecule has 1 fully saturated rings. The molecular weight excluding hydrogens is 348 g/mol. The number of benzene rings is 2. The van der Waals surface area contributed by atoms with Crippen LogP contribution in [0.15, 0.2) is 48.5 Å². The van der Waals surface area contributed by atoms with Crippen molar-refractivity contribution in [2.75, 3.05) is 6.54 Å². The van der Waals surface area contributed by atoms with Crippen LogP contribution in [-0.2, 0) is 11.3 Å². The van der Waals surface area contributed by atoms with Gasteiger partial charge >= 0.3 is 0 Å². The second-order valence-corrected chi connectivity index (χ2v) is 7.04. The molecule has 3 rings (SSSR count). The first-order valence-electron chi connectivity index (χ1n) is 9.00. The summed E-state index contributed by atoms with van der Waals surface area (Å²) in [5.74, 6) is 0.0679. The highest BCUT2D eigenvalue weighted by atomic mass is 35.5. The van der Waals surface area contributed by atoms with Gasteiger partial charge in [-0.25, -0.2) is 0 Å². The minimum absolute atomic E-state index is 0.0926. The summed E-state index contributed by atoms with van der Waals surface area (Å²) >= 11 is 6.07. The van der Waals surface area contributed by atoms with Crippen molar-refractivity contribution in [2.45, 2.75) is 38.8 Å². The average molecular weight is 371 g/mol. The van der Waals surface area contributed by atoms with Crippen LogP contribution in [0.25, 0.3) is 0 Å². The molecule has 1 aliphatic heterocycles. The smallest absolute Gasteiger partial charge is 0.251 e. The van der Waals surface area contributed by atoms with Gasteiger partial charge in [0.1, 0.15) is 0 Å². The summed E-state index contributed by atoms with van der Waals surface area (Å²) < 4.78 is 0. The standard InChI is InChI=1S/C21H23ClN2O2/c1-2-19(16-7-4-9-18(22)13-16)23-21(26)17-8-3-6-15(12-17)14-24-11-5-10-20(24)25/h3-4,6-9,12-13,19H,2,5,10-11,14H2,1H3,(H,23,26). The normalized spacial score (nSPS) is 15.2. The van der Waals surface area contributed by atoms with Crippen LogP contribution >= 0.6 is 11.6 Å². The van der Waals surface area contributed by atoms with Crippen LogP contribution < -0.4 is 5.32 Å². The van der Waals surface area contributed by atoms with Crippen LogP contribution in [0.4, 0.5) is 0 Å². The molecule has 0 aromatic heterocycles. The molecule has 2 aromatic rings. The maximum absolute atomic E-state index is 12.7. The largest absolute Gasteiger partial charge is 0.345 e. The fourth-order valence-corrected chi connectivity index (χ4v) is 3.49. The summed E-state index contributed by atoms with van der Waals surface area (Å²) in [6.45, 7) is 3.38. The van der Waals surface area contributed by atoms with Crippen molar-refractivity contribution in [2.24, 2.45) is 0 Å². The quantitative estimate of drug-likeness (QED) is 0.822. The Morgan fingerprint density at radius 2 is 2.04 bits per heavy atom. The third kappa shape index (κ3) is 4.44. The molecule has 0 bridgehead atoms. The van der Waals surface area contributed by atoms with Crippen molar-refractivity contribution >= 4 is 23.4 Å². The Morgan fingerprint density at radius 1 is 1.23 bits per heavy atom. The number of carbonyl (C=O) groups is 2. The number of likely N-dealkylation sites (tertiary alicyclic amines) is 1. The Morgan fingerprint density at radius 3 is 2.73 bits per heavy atom. The number of halogens is 1. The zero-order valence-electron chi connectivity index (χ0n) is 14.9. The summed E-state index contributed by atoms with van der Waals surface area (Å²) in [6, 6.07) is 15.0. The lowest BCUT2D eigenvalue weighted by atomic mass is 10.0. The van der Waals surface area contributed by atoms with E-state index in [1.165, 1.54) is 0 Å². The number of hydrogen-bond donors (Lipinski definition) is 1. The van der Waals surface area contributed by atoms with Gasteiger partial charge in [0.15, 0.2) is 0 Å². The molecule has 2 aromatic carbocycles. The van der Waals surface area contributed by atoms with E-state index in [9.17, 15) is 9.59 Å². The minimum Gasteiger partial charge on any atom is -0.345 e. The summed E-state index contributed by atoms with van der Waals surface area (Å²) in [6.07, 6.45) is 2.31. The van der Waals surface area contributed by atoms with Crippen molar-refractivity contribution in [1.82, 2.24) is 10.2 Å². The van der Waals surface area contributed by atoms with Crippen LogP contribution in [0.3, 0.4) is 0 Å². The Bertz CT molecular complexity index is 806. The molecule has 0 spiro atoms. The zero-order chi connectivity index (χ0) is 18.5. The lowest BCUT2D eigenvalue weighted by molar-refractivity contribution is -0.128. The molecule has 136 valence electrons. The third-order valence-electron chi connectivity index (χ3n) is 4.70. The SMILES string of the molecule is CCC(NC(=O)c1cccc(CN2CCCC2=O)c1)c1cccc(Cl)c1. The summed E-state index contributed by atoms with van der Waals surface area (Å²) in [5, 5.41) is 3.74. The monoisotopic (exact) mass is 370 g/mol. The van der Waals surface area contributed by atoms with E-state index in [1.807, 2.05) is 54.3 Å². The maximum atomic E-state index is 12.7. The second kappa shape index (κ2) is 8.37. The van der Waals surface area contributed by atoms with Crippen LogP contribution in [-0.4, -0.2) is 23.3 Å². The fraction of sp³-hybridized carbons (Fsp3) is 0.333. The fourth-order valence-electron chi connectivity index (χ4n) is 3.29. The highest BCUT2D eigenvalue weighted by Crippen LogP contribution is 2.21. The molecule has 1 saturated heterocycles. The molecule has 1 N–H and O–H groups in total. The second-order valence-electron chi connectivity index (χ2n) is 6.61. The van der Waals surface area contributed by atoms with Gasteiger partial charge in [0.05, 0.1) is 6.04 Å². The maximum Gasteiger partial charge on any atom is 0.251 e. The molecule has 5 heteroatoms. The van der Waals surface area contributed by atoms with Gasteiger partial charge in [-0.3, -0.25) is 9.59 Å². The van der Waals surface area contributed by atoms with Crippen molar-refractivity contribution < 1.29 is 9.59 Å². The van der Waals surface area contributed by atoms with Gasteiger partial charge in [0.2, 0.25) is 5.91 Å². The van der Waals surface area contributed by atoms with E-state index in [-0.39, 0.29) is 17.9 Å². The first-order chi connectivity index (χ1) is 12.6. The van der Waals surface area contributed by atoms with E-state index >= 15 is 0 Å². The Hall–Kier alpha value is -2.33. The first kappa shape index (κ1) is 18.5. The van der Waals surface area contributed by atoms with Crippen molar-refractivity contribution in [1.29, 1.82) is 0 Å². The Balaban J connectivity index is 1.70. The molecular formula is C21H23ClN2O2. The van der Waals surface area contributed by atoms with E-state index in [4.69, 9.17) is 11.6 Å². The molecule has 26 heavy (non-hydrogen) atoms. The molecule has 1 atom stereocenters. The van der Waals surface area contributed by atoms with E-state index in [2.05, 4.69) is 5.32 Å². The van der Waals surface area contributed by atoms with Gasteiger partial charge in [-0.15, -0.1) is 0 Å². The Labute approximate surface area is 159 Å². The predicted molar refractivity (Wildman–Crippen MR) is 103 cm³/mol. The highest BCUT2D eigenvalue weighted by molar-refractivity contribution is 6.30. The molecule has 0 radical (unpaired) electrons. The van der Waals surface area contributed by atoms with Gasteiger partial charge < -0.3 is 10.2 Å². The molecule has 4 nitrogen and oxygen atoms in total. The first-order valence-corrected chi connectivity index (χ1v) is 9.37. The van der Waals surface area contributed by atoms with Crippen LogP contribution in [0, 0.1) is 0 Å². The zero-order valence-corrected chi connectivity index (χ0v) is 15.6. The lowest BCUT2D eigenvalue weighted by Gasteiger charge is -2.19. The topological polar surface area (TPSA) is 49.4 Å². The van der Waals surface area contributed by atoms with E-state index < -0.39 is 0 Å². The molecule has 1 heterocycles. The minimum atomic E-state index is -0.119. The van der Waals surface area contributed by atoms with Crippen molar-refractivity contribution in [3.05, 3.63) is 70.2 Å². The van der Waals surface area contributed by atoms with Crippen LogP contribution in [0.2, 0.25) is 5.02 Å². The van der Waals surface area contributed by atoms with E-state index in [1.54, 1.807) is 6.07 Å². The number of amides is 2. The van der Waals surface area contributed by atoms with Gasteiger partial charge in [0, 0.05) is 30.1 Å². The molecule has 0 aliphatic carbocycles. The van der Waals surface area contributed by atoms with Gasteiger partial charge in [-0.05, 0) is 48.2 Å². The molecule has 1 aliphatic rings. The number of hydrogen-bond acceptors (Lipinski definition) is 2. The summed E-state index contributed by atoms with van der Waals surface area (Å²) in [7, 11) is 0. The Kier molecular flexibility index (Phi) is 5.94. The van der Waals surface area contributed by atoms with Crippen molar-refractivity contribution in [3.63, 3.8) is 0 Å². The van der Waals surface area contributed by atoms with Crippen LogP contribution in [0.1, 0.15) is 53.7 Å². The van der Waals surface area contributed by atoms with Crippen molar-refractivity contribution in [3.8, 4) is 0 Å². The summed E-state index contributed by atoms with van der Waals surface area (Å²) in [5.41, 5.74) is 2.57. The highest BCUT2D eigenvalue weighted by Gasteiger charge is 2.20. The van der Waals surface area contributed by atoms with Gasteiger partial charge in [0.25, 0.3) is 5.91 Å². The number of nitrogens with one attached hydrogen (secondary N) is 1. The molecule has 2 amide bonds. The average Bonchev–Trinajstić information content (AvgIpc) is 3.04. The number of rotatable bonds is 6. The predicted octanol–water partition coefficient (Wildman–Crippen LogP) is 4.34. The molecule has 0 saturated carbocycles. The van der Waals surface area contributed by atoms with Crippen LogP contribution in [0.5, 0.6) is 0 Å². The van der Waals surface area contributed by atoms with Gasteiger partial charge in [-0.1, -0.05) is 42.8 Å². The summed E-state index contributed by atoms with van der Waals surface area (Å²) in [4.78, 5) is 26.3. The third-order valence-corrected chi connectivity index (χ3v) is 4.93. The van der Waals surface area contributed by atoms with E-state index in [0.29, 0.717) is 23.6 Å². The lowest BCUT2D eigenvalue weighted by Crippen LogP contribution is -2.28.